The first-order valence-electron chi connectivity index (χ1n) is 5.35. The summed E-state index contributed by atoms with van der Waals surface area (Å²) >= 11 is 6.04. The van der Waals surface area contributed by atoms with Crippen molar-refractivity contribution in [2.24, 2.45) is 0 Å². The van der Waals surface area contributed by atoms with Crippen LogP contribution in [0.5, 0.6) is 5.75 Å². The van der Waals surface area contributed by atoms with Crippen molar-refractivity contribution in [2.75, 3.05) is 7.11 Å². The molecular weight excluding hydrogens is 273 g/mol. The van der Waals surface area contributed by atoms with Crippen molar-refractivity contribution in [2.45, 2.75) is 13.1 Å². The van der Waals surface area contributed by atoms with E-state index in [0.29, 0.717) is 17.3 Å². The highest BCUT2D eigenvalue weighted by molar-refractivity contribution is 6.32. The van der Waals surface area contributed by atoms with Gasteiger partial charge in [0.2, 0.25) is 0 Å². The van der Waals surface area contributed by atoms with E-state index >= 15 is 0 Å². The van der Waals surface area contributed by atoms with E-state index in [1.54, 1.807) is 13.4 Å². The van der Waals surface area contributed by atoms with Gasteiger partial charge in [0.15, 0.2) is 0 Å². The number of hydrogen-bond donors (Lipinski definition) is 1. The molecule has 18 heavy (non-hydrogen) atoms. The van der Waals surface area contributed by atoms with Crippen LogP contribution in [0, 0.1) is 0 Å². The lowest BCUT2D eigenvalue weighted by Crippen LogP contribution is -2.12. The largest absolute Gasteiger partial charge is 0.495 e. The molecule has 0 spiro atoms. The number of rotatable bonds is 5. The van der Waals surface area contributed by atoms with E-state index in [9.17, 15) is 0 Å². The molecule has 0 unspecified atom stereocenters. The van der Waals surface area contributed by atoms with Crippen LogP contribution in [0.1, 0.15) is 11.3 Å². The molecule has 1 aromatic carbocycles. The Hall–Kier alpha value is -1.16. The van der Waals surface area contributed by atoms with Gasteiger partial charge in [-0.15, -0.1) is 12.4 Å². The summed E-state index contributed by atoms with van der Waals surface area (Å²) in [7, 11) is 1.61. The molecular formula is C13H15Cl2NO2. The van der Waals surface area contributed by atoms with Crippen LogP contribution in [0.3, 0.4) is 0 Å². The Labute approximate surface area is 117 Å². The van der Waals surface area contributed by atoms with Crippen molar-refractivity contribution < 1.29 is 9.15 Å². The molecule has 2 rings (SSSR count). The zero-order chi connectivity index (χ0) is 12.1. The zero-order valence-corrected chi connectivity index (χ0v) is 11.6. The number of methoxy groups -OCH3 is 1. The van der Waals surface area contributed by atoms with E-state index < -0.39 is 0 Å². The molecule has 1 heterocycles. The van der Waals surface area contributed by atoms with Crippen LogP contribution in [-0.2, 0) is 13.1 Å². The SMILES string of the molecule is COc1ccc(CNCc2ccco2)cc1Cl.Cl. The van der Waals surface area contributed by atoms with Gasteiger partial charge in [-0.05, 0) is 29.8 Å². The highest BCUT2D eigenvalue weighted by Crippen LogP contribution is 2.24. The maximum absolute atomic E-state index is 6.04. The predicted molar refractivity (Wildman–Crippen MR) is 74.5 cm³/mol. The minimum Gasteiger partial charge on any atom is -0.495 e. The van der Waals surface area contributed by atoms with Crippen LogP contribution in [0.25, 0.3) is 0 Å². The number of halogens is 2. The third kappa shape index (κ3) is 3.95. The number of hydrogen-bond acceptors (Lipinski definition) is 3. The van der Waals surface area contributed by atoms with Crippen molar-refractivity contribution in [3.8, 4) is 5.75 Å². The van der Waals surface area contributed by atoms with E-state index in [-0.39, 0.29) is 12.4 Å². The van der Waals surface area contributed by atoms with Gasteiger partial charge in [0, 0.05) is 6.54 Å². The van der Waals surface area contributed by atoms with Crippen molar-refractivity contribution in [3.05, 3.63) is 52.9 Å². The maximum atomic E-state index is 6.04. The van der Waals surface area contributed by atoms with Crippen LogP contribution < -0.4 is 10.1 Å². The number of nitrogens with one attached hydrogen (secondary N) is 1. The molecule has 5 heteroatoms. The molecule has 0 bridgehead atoms. The molecule has 0 aliphatic rings. The maximum Gasteiger partial charge on any atom is 0.137 e. The lowest BCUT2D eigenvalue weighted by molar-refractivity contribution is 0.414. The molecule has 0 amide bonds. The molecule has 0 fully saturated rings. The summed E-state index contributed by atoms with van der Waals surface area (Å²) in [5.74, 6) is 1.62. The monoisotopic (exact) mass is 287 g/mol. The number of furan rings is 1. The number of ether oxygens (including phenoxy) is 1. The van der Waals surface area contributed by atoms with Crippen LogP contribution in [-0.4, -0.2) is 7.11 Å². The second-order valence-corrected chi connectivity index (χ2v) is 4.06. The summed E-state index contributed by atoms with van der Waals surface area (Å²) in [5, 5.41) is 3.91. The first-order chi connectivity index (χ1) is 8.29. The van der Waals surface area contributed by atoms with Gasteiger partial charge in [0.05, 0.1) is 24.9 Å². The summed E-state index contributed by atoms with van der Waals surface area (Å²) in [6.07, 6.45) is 1.67. The first-order valence-corrected chi connectivity index (χ1v) is 5.73. The highest BCUT2D eigenvalue weighted by atomic mass is 35.5. The van der Waals surface area contributed by atoms with Gasteiger partial charge in [-0.3, -0.25) is 0 Å². The first kappa shape index (κ1) is 14.9. The second-order valence-electron chi connectivity index (χ2n) is 3.65. The topological polar surface area (TPSA) is 34.4 Å². The van der Waals surface area contributed by atoms with Gasteiger partial charge >= 0.3 is 0 Å². The van der Waals surface area contributed by atoms with E-state index in [2.05, 4.69) is 5.32 Å². The zero-order valence-electron chi connectivity index (χ0n) is 9.98. The lowest BCUT2D eigenvalue weighted by Gasteiger charge is -2.06. The molecule has 1 N–H and O–H groups in total. The van der Waals surface area contributed by atoms with Crippen LogP contribution in [0.15, 0.2) is 41.0 Å². The third-order valence-electron chi connectivity index (χ3n) is 2.42. The molecule has 3 nitrogen and oxygen atoms in total. The van der Waals surface area contributed by atoms with Crippen LogP contribution in [0.4, 0.5) is 0 Å². The van der Waals surface area contributed by atoms with Crippen molar-refractivity contribution in [1.29, 1.82) is 0 Å². The Morgan fingerprint density at radius 3 is 2.72 bits per heavy atom. The van der Waals surface area contributed by atoms with E-state index in [0.717, 1.165) is 17.9 Å². The molecule has 98 valence electrons. The van der Waals surface area contributed by atoms with Gasteiger partial charge in [-0.1, -0.05) is 17.7 Å². The van der Waals surface area contributed by atoms with Gasteiger partial charge in [-0.2, -0.15) is 0 Å². The van der Waals surface area contributed by atoms with E-state index in [1.165, 1.54) is 0 Å². The Morgan fingerprint density at radius 2 is 2.11 bits per heavy atom. The molecule has 2 aromatic rings. The summed E-state index contributed by atoms with van der Waals surface area (Å²) < 4.78 is 10.3. The fourth-order valence-corrected chi connectivity index (χ4v) is 1.84. The molecule has 0 aliphatic heterocycles. The Morgan fingerprint density at radius 1 is 1.28 bits per heavy atom. The normalized spacial score (nSPS) is 9.89. The summed E-state index contributed by atoms with van der Waals surface area (Å²) in [4.78, 5) is 0. The molecule has 0 saturated heterocycles. The number of benzene rings is 1. The van der Waals surface area contributed by atoms with Crippen molar-refractivity contribution >= 4 is 24.0 Å². The molecule has 0 atom stereocenters. The minimum atomic E-state index is 0. The Kier molecular flexibility index (Phi) is 6.05. The third-order valence-corrected chi connectivity index (χ3v) is 2.72. The van der Waals surface area contributed by atoms with Crippen molar-refractivity contribution in [3.63, 3.8) is 0 Å². The predicted octanol–water partition coefficient (Wildman–Crippen LogP) is 3.65. The van der Waals surface area contributed by atoms with Crippen molar-refractivity contribution in [1.82, 2.24) is 5.32 Å². The standard InChI is InChI=1S/C13H14ClNO2.ClH/c1-16-13-5-4-10(7-12(13)14)8-15-9-11-3-2-6-17-11;/h2-7,15H,8-9H2,1H3;1H. The van der Waals surface area contributed by atoms with Crippen LogP contribution >= 0.6 is 24.0 Å². The minimum absolute atomic E-state index is 0. The molecule has 0 aliphatic carbocycles. The van der Waals surface area contributed by atoms with Gasteiger partial charge < -0.3 is 14.5 Å². The summed E-state index contributed by atoms with van der Waals surface area (Å²) in [6, 6.07) is 9.57. The fourth-order valence-electron chi connectivity index (χ4n) is 1.56. The van der Waals surface area contributed by atoms with Gasteiger partial charge in [-0.25, -0.2) is 0 Å². The Bertz CT molecular complexity index is 472. The molecule has 0 saturated carbocycles. The molecule has 0 radical (unpaired) electrons. The fraction of sp³-hybridized carbons (Fsp3) is 0.231. The van der Waals surface area contributed by atoms with E-state index in [1.807, 2.05) is 30.3 Å². The average molecular weight is 288 g/mol. The quantitative estimate of drug-likeness (QED) is 0.912. The lowest BCUT2D eigenvalue weighted by atomic mass is 10.2. The van der Waals surface area contributed by atoms with Crippen LogP contribution in [0.2, 0.25) is 5.02 Å². The van der Waals surface area contributed by atoms with Gasteiger partial charge in [0.25, 0.3) is 0 Å². The van der Waals surface area contributed by atoms with E-state index in [4.69, 9.17) is 20.8 Å². The smallest absolute Gasteiger partial charge is 0.137 e. The second kappa shape index (κ2) is 7.31. The highest BCUT2D eigenvalue weighted by Gasteiger charge is 2.02. The molecule has 1 aromatic heterocycles. The summed E-state index contributed by atoms with van der Waals surface area (Å²) in [6.45, 7) is 1.45. The Balaban J connectivity index is 0.00000162. The average Bonchev–Trinajstić information content (AvgIpc) is 2.82. The van der Waals surface area contributed by atoms with Gasteiger partial charge in [0.1, 0.15) is 11.5 Å². The summed E-state index contributed by atoms with van der Waals surface area (Å²) in [5.41, 5.74) is 1.11.